The molecule has 2 unspecified atom stereocenters. The Hall–Kier alpha value is -1.75. The zero-order chi connectivity index (χ0) is 14.9. The molecule has 0 aromatic heterocycles. The highest BCUT2D eigenvalue weighted by Gasteiger charge is 2.30. The van der Waals surface area contributed by atoms with E-state index in [0.29, 0.717) is 36.5 Å². The van der Waals surface area contributed by atoms with Crippen LogP contribution in [0.5, 0.6) is 11.5 Å². The summed E-state index contributed by atoms with van der Waals surface area (Å²) in [6.45, 7) is 5.55. The van der Waals surface area contributed by atoms with Crippen molar-refractivity contribution < 1.29 is 14.6 Å². The van der Waals surface area contributed by atoms with Crippen molar-refractivity contribution in [1.29, 1.82) is 0 Å². The summed E-state index contributed by atoms with van der Waals surface area (Å²) in [5.41, 5.74) is 0.328. The standard InChI is InChI=1S/C15H22N2O3/c1-10-8-17(9-11(2)16(10)3)15(19)13-6-5-12(20-4)7-14(13)18/h5-7,10-11,18H,8-9H2,1-4H3. The van der Waals surface area contributed by atoms with Crippen molar-refractivity contribution in [1.82, 2.24) is 9.80 Å². The van der Waals surface area contributed by atoms with Crippen LogP contribution in [-0.4, -0.2) is 60.1 Å². The highest BCUT2D eigenvalue weighted by molar-refractivity contribution is 5.97. The summed E-state index contributed by atoms with van der Waals surface area (Å²) >= 11 is 0. The van der Waals surface area contributed by atoms with E-state index in [1.165, 1.54) is 13.2 Å². The number of nitrogens with zero attached hydrogens (tertiary/aromatic N) is 2. The van der Waals surface area contributed by atoms with Gasteiger partial charge in [0, 0.05) is 31.2 Å². The van der Waals surface area contributed by atoms with Gasteiger partial charge >= 0.3 is 0 Å². The number of hydrogen-bond donors (Lipinski definition) is 1. The second-order valence-corrected chi connectivity index (χ2v) is 5.46. The molecular weight excluding hydrogens is 256 g/mol. The number of phenolic OH excluding ortho intramolecular Hbond substituents is 1. The van der Waals surface area contributed by atoms with Crippen LogP contribution in [0.25, 0.3) is 0 Å². The first-order chi connectivity index (χ1) is 9.43. The highest BCUT2D eigenvalue weighted by Crippen LogP contribution is 2.26. The lowest BCUT2D eigenvalue weighted by Crippen LogP contribution is -2.56. The Morgan fingerprint density at radius 2 is 1.90 bits per heavy atom. The molecule has 20 heavy (non-hydrogen) atoms. The maximum absolute atomic E-state index is 12.5. The van der Waals surface area contributed by atoms with E-state index in [1.807, 2.05) is 0 Å². The van der Waals surface area contributed by atoms with E-state index in [1.54, 1.807) is 17.0 Å². The molecule has 2 rings (SSSR count). The van der Waals surface area contributed by atoms with Gasteiger partial charge in [0.1, 0.15) is 11.5 Å². The summed E-state index contributed by atoms with van der Waals surface area (Å²) in [6, 6.07) is 5.39. The number of piperazine rings is 1. The molecule has 1 N–H and O–H groups in total. The van der Waals surface area contributed by atoms with Crippen LogP contribution in [0.3, 0.4) is 0 Å². The fourth-order valence-corrected chi connectivity index (χ4v) is 2.56. The van der Waals surface area contributed by atoms with E-state index in [-0.39, 0.29) is 11.7 Å². The van der Waals surface area contributed by atoms with Gasteiger partial charge in [0.25, 0.3) is 5.91 Å². The molecule has 0 spiro atoms. The lowest BCUT2D eigenvalue weighted by atomic mass is 10.1. The number of rotatable bonds is 2. The summed E-state index contributed by atoms with van der Waals surface area (Å²) < 4.78 is 5.03. The van der Waals surface area contributed by atoms with Crippen molar-refractivity contribution in [3.05, 3.63) is 23.8 Å². The van der Waals surface area contributed by atoms with Gasteiger partial charge in [-0.3, -0.25) is 9.69 Å². The molecule has 1 aromatic rings. The minimum atomic E-state index is -0.128. The highest BCUT2D eigenvalue weighted by atomic mass is 16.5. The molecular formula is C15H22N2O3. The molecule has 2 atom stereocenters. The zero-order valence-electron chi connectivity index (χ0n) is 12.5. The molecule has 0 radical (unpaired) electrons. The van der Waals surface area contributed by atoms with E-state index in [0.717, 1.165) is 0 Å². The van der Waals surface area contributed by atoms with Crippen LogP contribution in [0.1, 0.15) is 24.2 Å². The lowest BCUT2D eigenvalue weighted by molar-refractivity contribution is 0.0412. The normalized spacial score (nSPS) is 23.7. The molecule has 0 aliphatic carbocycles. The number of phenols is 1. The lowest BCUT2D eigenvalue weighted by Gasteiger charge is -2.42. The van der Waals surface area contributed by atoms with Gasteiger partial charge in [0.2, 0.25) is 0 Å². The third-order valence-corrected chi connectivity index (χ3v) is 4.08. The summed E-state index contributed by atoms with van der Waals surface area (Å²) in [6.07, 6.45) is 0. The molecule has 110 valence electrons. The van der Waals surface area contributed by atoms with Gasteiger partial charge in [0.15, 0.2) is 0 Å². The van der Waals surface area contributed by atoms with Crippen molar-refractivity contribution in [2.24, 2.45) is 0 Å². The molecule has 0 bridgehead atoms. The Morgan fingerprint density at radius 1 is 1.30 bits per heavy atom. The topological polar surface area (TPSA) is 53.0 Å². The first kappa shape index (κ1) is 14.7. The summed E-state index contributed by atoms with van der Waals surface area (Å²) in [5.74, 6) is 0.379. The number of aromatic hydroxyl groups is 1. The van der Waals surface area contributed by atoms with Crippen LogP contribution in [0.4, 0.5) is 0 Å². The van der Waals surface area contributed by atoms with Gasteiger partial charge in [-0.1, -0.05) is 0 Å². The minimum Gasteiger partial charge on any atom is -0.507 e. The second kappa shape index (κ2) is 5.71. The Labute approximate surface area is 119 Å². The molecule has 5 heteroatoms. The van der Waals surface area contributed by atoms with Gasteiger partial charge in [-0.25, -0.2) is 0 Å². The summed E-state index contributed by atoms with van der Waals surface area (Å²) in [5, 5.41) is 9.97. The van der Waals surface area contributed by atoms with E-state index in [2.05, 4.69) is 25.8 Å². The predicted octanol–water partition coefficient (Wildman–Crippen LogP) is 1.57. The van der Waals surface area contributed by atoms with Gasteiger partial charge in [0.05, 0.1) is 12.7 Å². The number of ether oxygens (including phenoxy) is 1. The smallest absolute Gasteiger partial charge is 0.257 e. The number of likely N-dealkylation sites (N-methyl/N-ethyl adjacent to an activating group) is 1. The number of methoxy groups -OCH3 is 1. The number of carbonyl (C=O) groups excluding carboxylic acids is 1. The Morgan fingerprint density at radius 3 is 2.40 bits per heavy atom. The second-order valence-electron chi connectivity index (χ2n) is 5.46. The van der Waals surface area contributed by atoms with Gasteiger partial charge in [-0.05, 0) is 33.0 Å². The number of benzene rings is 1. The monoisotopic (exact) mass is 278 g/mol. The Kier molecular flexibility index (Phi) is 4.18. The van der Waals surface area contributed by atoms with Crippen molar-refractivity contribution >= 4 is 5.91 Å². The zero-order valence-corrected chi connectivity index (χ0v) is 12.5. The van der Waals surface area contributed by atoms with Crippen LogP contribution >= 0.6 is 0 Å². The van der Waals surface area contributed by atoms with Crippen LogP contribution < -0.4 is 4.74 Å². The largest absolute Gasteiger partial charge is 0.507 e. The minimum absolute atomic E-state index is 0.0337. The average Bonchev–Trinajstić information content (AvgIpc) is 2.43. The fraction of sp³-hybridized carbons (Fsp3) is 0.533. The van der Waals surface area contributed by atoms with Gasteiger partial charge in [-0.15, -0.1) is 0 Å². The first-order valence-electron chi connectivity index (χ1n) is 6.82. The average molecular weight is 278 g/mol. The quantitative estimate of drug-likeness (QED) is 0.892. The summed E-state index contributed by atoms with van der Waals surface area (Å²) in [7, 11) is 3.60. The molecule has 5 nitrogen and oxygen atoms in total. The van der Waals surface area contributed by atoms with Crippen molar-refractivity contribution in [2.45, 2.75) is 25.9 Å². The van der Waals surface area contributed by atoms with Crippen molar-refractivity contribution in [3.63, 3.8) is 0 Å². The predicted molar refractivity (Wildman–Crippen MR) is 77.2 cm³/mol. The molecule has 0 saturated carbocycles. The maximum atomic E-state index is 12.5. The van der Waals surface area contributed by atoms with Crippen LogP contribution in [-0.2, 0) is 0 Å². The van der Waals surface area contributed by atoms with Crippen LogP contribution in [0.15, 0.2) is 18.2 Å². The van der Waals surface area contributed by atoms with Crippen molar-refractivity contribution in [3.8, 4) is 11.5 Å². The number of carbonyl (C=O) groups is 1. The number of amides is 1. The molecule has 1 aromatic carbocycles. The van der Waals surface area contributed by atoms with E-state index >= 15 is 0 Å². The molecule has 1 amide bonds. The Bertz CT molecular complexity index is 492. The van der Waals surface area contributed by atoms with E-state index in [9.17, 15) is 9.90 Å². The molecule has 1 heterocycles. The van der Waals surface area contributed by atoms with E-state index in [4.69, 9.17) is 4.74 Å². The third-order valence-electron chi connectivity index (χ3n) is 4.08. The molecule has 1 aliphatic heterocycles. The third kappa shape index (κ3) is 2.72. The van der Waals surface area contributed by atoms with Gasteiger partial charge in [-0.2, -0.15) is 0 Å². The van der Waals surface area contributed by atoms with Gasteiger partial charge < -0.3 is 14.7 Å². The molecule has 1 aliphatic rings. The van der Waals surface area contributed by atoms with E-state index < -0.39 is 0 Å². The molecule has 1 saturated heterocycles. The molecule has 1 fully saturated rings. The van der Waals surface area contributed by atoms with Crippen molar-refractivity contribution in [2.75, 3.05) is 27.2 Å². The summed E-state index contributed by atoms with van der Waals surface area (Å²) in [4.78, 5) is 16.6. The maximum Gasteiger partial charge on any atom is 0.257 e. The van der Waals surface area contributed by atoms with Crippen LogP contribution in [0.2, 0.25) is 0 Å². The number of hydrogen-bond acceptors (Lipinski definition) is 4. The first-order valence-corrected chi connectivity index (χ1v) is 6.82. The fourth-order valence-electron chi connectivity index (χ4n) is 2.56. The SMILES string of the molecule is COc1ccc(C(=O)N2CC(C)N(C)C(C)C2)c(O)c1. The Balaban J connectivity index is 2.19. The van der Waals surface area contributed by atoms with Crippen LogP contribution in [0, 0.1) is 0 Å².